The van der Waals surface area contributed by atoms with E-state index >= 15 is 0 Å². The molecule has 43 heavy (non-hydrogen) atoms. The molecule has 2 aromatic rings. The fraction of sp³-hybridized carbons (Fsp3) is 0.541. The zero-order chi connectivity index (χ0) is 32.2. The number of nitrogens with zero attached hydrogens (tertiary/aromatic N) is 2. The Kier molecular flexibility index (Phi) is 14.9. The number of hydrogen-bond acceptors (Lipinski definition) is 3. The second-order valence-electron chi connectivity index (χ2n) is 14.2. The summed E-state index contributed by atoms with van der Waals surface area (Å²) < 4.78 is 5.97. The fourth-order valence-electron chi connectivity index (χ4n) is 5.58. The van der Waals surface area contributed by atoms with Gasteiger partial charge in [-0.1, -0.05) is 103 Å². The van der Waals surface area contributed by atoms with E-state index in [2.05, 4.69) is 161 Å². The second-order valence-corrected chi connectivity index (χ2v) is 22.3. The Labute approximate surface area is 282 Å². The monoisotopic (exact) mass is 710 g/mol. The van der Waals surface area contributed by atoms with E-state index in [4.69, 9.17) is 4.12 Å². The molecule has 2 aromatic carbocycles. The van der Waals surface area contributed by atoms with Crippen LogP contribution in [0.3, 0.4) is 0 Å². The van der Waals surface area contributed by atoms with Gasteiger partial charge in [0.15, 0.2) is 16.6 Å². The summed E-state index contributed by atoms with van der Waals surface area (Å²) >= 11 is 0. The van der Waals surface area contributed by atoms with Crippen LogP contribution in [0.4, 0.5) is 11.4 Å². The van der Waals surface area contributed by atoms with Crippen molar-refractivity contribution >= 4 is 28.0 Å². The van der Waals surface area contributed by atoms with Crippen molar-refractivity contribution < 1.29 is 24.5 Å². The topological polar surface area (TPSA) is 15.7 Å². The van der Waals surface area contributed by atoms with Gasteiger partial charge in [0.1, 0.15) is 0 Å². The number of rotatable bonds is 10. The van der Waals surface area contributed by atoms with E-state index in [0.717, 1.165) is 0 Å². The molecule has 0 bridgehead atoms. The summed E-state index contributed by atoms with van der Waals surface area (Å²) in [4.78, 5) is 4.88. The molecule has 1 aliphatic rings. The van der Waals surface area contributed by atoms with Gasteiger partial charge in [-0.3, -0.25) is 0 Å². The molecule has 6 heteroatoms. The number of benzene rings is 2. The minimum absolute atomic E-state index is 0. The van der Waals surface area contributed by atoms with Crippen molar-refractivity contribution in [3.8, 4) is 0 Å². The molecule has 1 saturated heterocycles. The van der Waals surface area contributed by atoms with Crippen LogP contribution in [0, 0.1) is 6.67 Å². The summed E-state index contributed by atoms with van der Waals surface area (Å²) in [7, 11) is -3.16. The molecular formula is C37H60N2OPdSi2. The van der Waals surface area contributed by atoms with E-state index in [1.165, 1.54) is 33.6 Å². The molecule has 0 saturated carbocycles. The Balaban J connectivity index is 0.000000658. The first-order valence-electron chi connectivity index (χ1n) is 16.0. The minimum Gasteiger partial charge on any atom is -0.449 e. The van der Waals surface area contributed by atoms with E-state index in [1.807, 2.05) is 11.4 Å². The quantitative estimate of drug-likeness (QED) is 0.228. The molecule has 0 aromatic heterocycles. The molecule has 3 rings (SSSR count). The molecule has 0 amide bonds. The summed E-state index contributed by atoms with van der Waals surface area (Å²) in [6, 6.07) is 14.3. The van der Waals surface area contributed by atoms with Gasteiger partial charge in [0.05, 0.1) is 0 Å². The number of hydrogen-bond donors (Lipinski definition) is 0. The first-order valence-corrected chi connectivity index (χ1v) is 21.9. The van der Waals surface area contributed by atoms with Crippen LogP contribution >= 0.6 is 0 Å². The third kappa shape index (κ3) is 9.78. The van der Waals surface area contributed by atoms with E-state index in [9.17, 15) is 0 Å². The summed E-state index contributed by atoms with van der Waals surface area (Å²) in [6.45, 7) is 43.1. The van der Waals surface area contributed by atoms with Gasteiger partial charge in [0.25, 0.3) is 0 Å². The first-order chi connectivity index (χ1) is 19.4. The molecule has 2 atom stereocenters. The van der Waals surface area contributed by atoms with Gasteiger partial charge in [-0.15, -0.1) is 13.2 Å². The van der Waals surface area contributed by atoms with Crippen LogP contribution in [0.2, 0.25) is 26.2 Å². The van der Waals surface area contributed by atoms with Crippen LogP contribution in [-0.4, -0.2) is 28.7 Å². The zero-order valence-electron chi connectivity index (χ0n) is 29.6. The van der Waals surface area contributed by atoms with Gasteiger partial charge in [-0.2, -0.15) is 0 Å². The van der Waals surface area contributed by atoms with Gasteiger partial charge in [-0.05, 0) is 86.0 Å². The van der Waals surface area contributed by atoms with Crippen LogP contribution in [0.25, 0.3) is 0 Å². The second kappa shape index (κ2) is 16.2. The Morgan fingerprint density at radius 1 is 0.628 bits per heavy atom. The standard InChI is InChI=1S/C29H42N2.C8H18OSi2.Pd/c1-18(2)24-13-11-14-25(19(3)4)28(24)30-17-31(23(10)22(30)9)29-26(20(5)6)15-12-16-27(29)21(7)8;1-7-10(3,4)9-11(5,6)8-2;/h11-16,18-23H,1-10H3;7-8H,1-2H2,3-6H3;. The van der Waals surface area contributed by atoms with Crippen LogP contribution in [0.5, 0.6) is 0 Å². The van der Waals surface area contributed by atoms with Crippen LogP contribution in [-0.2, 0) is 24.5 Å². The Morgan fingerprint density at radius 2 is 0.884 bits per heavy atom. The summed E-state index contributed by atoms with van der Waals surface area (Å²) in [5.74, 6) is 1.89. The molecule has 0 aliphatic carbocycles. The number of anilines is 2. The molecule has 0 spiro atoms. The number of para-hydroxylation sites is 2. The van der Waals surface area contributed by atoms with Gasteiger partial charge in [-0.25, -0.2) is 0 Å². The van der Waals surface area contributed by atoms with Crippen LogP contribution in [0.15, 0.2) is 61.0 Å². The van der Waals surface area contributed by atoms with E-state index in [-0.39, 0.29) is 20.4 Å². The SMILES string of the molecule is C=C[Si](C)(C)O[Si](C)(C)C=C.CC(C)c1cccc(C(C)C)c1N1[C]N(c2c(C(C)C)cccc2C(C)C)C(C)C1C.[Pd]. The predicted molar refractivity (Wildman–Crippen MR) is 193 cm³/mol. The zero-order valence-corrected chi connectivity index (χ0v) is 33.2. The van der Waals surface area contributed by atoms with Crippen molar-refractivity contribution in [3.05, 3.63) is 89.9 Å². The normalized spacial score (nSPS) is 17.3. The summed E-state index contributed by atoms with van der Waals surface area (Å²) in [5, 5.41) is 0. The van der Waals surface area contributed by atoms with E-state index in [1.54, 1.807) is 0 Å². The summed E-state index contributed by atoms with van der Waals surface area (Å²) in [5.41, 5.74) is 12.3. The predicted octanol–water partition coefficient (Wildman–Crippen LogP) is 11.1. The molecule has 1 heterocycles. The first kappa shape index (κ1) is 39.6. The van der Waals surface area contributed by atoms with Crippen molar-refractivity contribution in [1.29, 1.82) is 0 Å². The van der Waals surface area contributed by atoms with Crippen molar-refractivity contribution in [1.82, 2.24) is 0 Å². The van der Waals surface area contributed by atoms with Gasteiger partial charge in [0.2, 0.25) is 6.67 Å². The molecule has 242 valence electrons. The van der Waals surface area contributed by atoms with E-state index in [0.29, 0.717) is 35.8 Å². The van der Waals surface area contributed by atoms with Crippen molar-refractivity contribution in [2.24, 2.45) is 0 Å². The Morgan fingerprint density at radius 3 is 1.09 bits per heavy atom. The molecule has 3 nitrogen and oxygen atoms in total. The minimum atomic E-state index is -1.58. The maximum atomic E-state index is 5.97. The van der Waals surface area contributed by atoms with Gasteiger partial charge in [0, 0.05) is 43.9 Å². The maximum Gasteiger partial charge on any atom is 0.209 e. The molecule has 2 radical (unpaired) electrons. The molecule has 2 unspecified atom stereocenters. The van der Waals surface area contributed by atoms with Crippen molar-refractivity contribution in [3.63, 3.8) is 0 Å². The Bertz CT molecular complexity index is 1060. The molecule has 1 aliphatic heterocycles. The average Bonchev–Trinajstić information content (AvgIpc) is 3.20. The smallest absolute Gasteiger partial charge is 0.209 e. The molecular weight excluding hydrogens is 651 g/mol. The van der Waals surface area contributed by atoms with Crippen molar-refractivity contribution in [2.75, 3.05) is 9.80 Å². The molecule has 0 N–H and O–H groups in total. The van der Waals surface area contributed by atoms with Crippen molar-refractivity contribution in [2.45, 2.75) is 131 Å². The largest absolute Gasteiger partial charge is 0.449 e. The van der Waals surface area contributed by atoms with E-state index < -0.39 is 16.6 Å². The van der Waals surface area contributed by atoms with Gasteiger partial charge < -0.3 is 13.9 Å². The average molecular weight is 711 g/mol. The molecule has 1 fully saturated rings. The third-order valence-corrected chi connectivity index (χ3v) is 14.6. The van der Waals surface area contributed by atoms with Gasteiger partial charge >= 0.3 is 0 Å². The third-order valence-electron chi connectivity index (χ3n) is 8.40. The van der Waals surface area contributed by atoms with Crippen LogP contribution in [0.1, 0.15) is 115 Å². The fourth-order valence-corrected chi connectivity index (χ4v) is 11.7. The Hall–Kier alpha value is -1.42. The van der Waals surface area contributed by atoms with Crippen LogP contribution < -0.4 is 9.80 Å². The maximum absolute atomic E-state index is 5.97. The summed E-state index contributed by atoms with van der Waals surface area (Å²) in [6.07, 6.45) is 0.